The summed E-state index contributed by atoms with van der Waals surface area (Å²) in [7, 11) is 0. The standard InChI is InChI=1S/C19H15NO2.2C2H6/c21-19(22)16-9-7-15(8-10-16)18-11-17(12-20-13-18)14-5-3-1-2-4-6-14;2*1-2/h1,3-13H,2H2,(H,21,22);2*1-2H3. The largest absolute Gasteiger partial charge is 0.478 e. The van der Waals surface area contributed by atoms with Crippen LogP contribution >= 0.6 is 0 Å². The van der Waals surface area contributed by atoms with Gasteiger partial charge in [-0.3, -0.25) is 4.98 Å². The first-order chi connectivity index (χ1) is 12.7. The molecule has 0 aliphatic heterocycles. The van der Waals surface area contributed by atoms with Gasteiger partial charge in [0.05, 0.1) is 5.56 Å². The van der Waals surface area contributed by atoms with Crippen molar-refractivity contribution < 1.29 is 9.90 Å². The first-order valence-corrected chi connectivity index (χ1v) is 9.06. The van der Waals surface area contributed by atoms with Gasteiger partial charge in [-0.2, -0.15) is 0 Å². The van der Waals surface area contributed by atoms with Gasteiger partial charge in [0, 0.05) is 23.5 Å². The van der Waals surface area contributed by atoms with E-state index in [0.29, 0.717) is 0 Å². The zero-order valence-electron chi connectivity index (χ0n) is 15.9. The van der Waals surface area contributed by atoms with Gasteiger partial charge in [-0.1, -0.05) is 70.2 Å². The van der Waals surface area contributed by atoms with E-state index in [4.69, 9.17) is 5.11 Å². The molecule has 1 aromatic heterocycles. The first-order valence-electron chi connectivity index (χ1n) is 9.06. The van der Waals surface area contributed by atoms with Gasteiger partial charge in [-0.05, 0) is 35.8 Å². The summed E-state index contributed by atoms with van der Waals surface area (Å²) in [6.45, 7) is 8.00. The Morgan fingerprint density at radius 3 is 2.23 bits per heavy atom. The molecule has 1 aliphatic rings. The third-order valence-corrected chi connectivity index (χ3v) is 3.52. The number of carbonyl (C=O) groups is 1. The summed E-state index contributed by atoms with van der Waals surface area (Å²) in [5, 5.41) is 8.95. The van der Waals surface area contributed by atoms with Crippen LogP contribution in [0.1, 0.15) is 50.0 Å². The summed E-state index contributed by atoms with van der Waals surface area (Å²) in [5.74, 6) is -0.918. The van der Waals surface area contributed by atoms with Gasteiger partial charge in [0.15, 0.2) is 0 Å². The number of rotatable bonds is 3. The molecule has 1 aromatic carbocycles. The minimum atomic E-state index is -0.918. The monoisotopic (exact) mass is 349 g/mol. The number of aromatic nitrogens is 1. The van der Waals surface area contributed by atoms with Gasteiger partial charge < -0.3 is 5.11 Å². The van der Waals surface area contributed by atoms with Crippen LogP contribution in [0.2, 0.25) is 0 Å². The quantitative estimate of drug-likeness (QED) is 0.697. The number of hydrogen-bond acceptors (Lipinski definition) is 2. The Hall–Kier alpha value is -2.94. The van der Waals surface area contributed by atoms with E-state index >= 15 is 0 Å². The molecule has 0 radical (unpaired) electrons. The number of carboxylic acid groups (broad SMARTS) is 1. The second kappa shape index (κ2) is 11.6. The maximum atomic E-state index is 10.9. The molecule has 3 nitrogen and oxygen atoms in total. The molecule has 0 unspecified atom stereocenters. The van der Waals surface area contributed by atoms with Crippen LogP contribution < -0.4 is 0 Å². The van der Waals surface area contributed by atoms with E-state index in [0.717, 1.165) is 28.7 Å². The Morgan fingerprint density at radius 1 is 0.923 bits per heavy atom. The van der Waals surface area contributed by atoms with Crippen molar-refractivity contribution in [1.82, 2.24) is 4.98 Å². The highest BCUT2D eigenvalue weighted by Crippen LogP contribution is 2.24. The second-order valence-corrected chi connectivity index (χ2v) is 5.03. The highest BCUT2D eigenvalue weighted by atomic mass is 16.4. The molecule has 0 spiro atoms. The van der Waals surface area contributed by atoms with E-state index in [-0.39, 0.29) is 5.56 Å². The van der Waals surface area contributed by atoms with Crippen molar-refractivity contribution in [2.45, 2.75) is 34.1 Å². The Bertz CT molecular complexity index is 784. The third kappa shape index (κ3) is 5.85. The number of nitrogens with zero attached hydrogens (tertiary/aromatic N) is 1. The average Bonchev–Trinajstić information content (AvgIpc) is 3.01. The topological polar surface area (TPSA) is 50.2 Å². The normalized spacial score (nSPS) is 11.9. The van der Waals surface area contributed by atoms with Gasteiger partial charge >= 0.3 is 5.97 Å². The predicted molar refractivity (Wildman–Crippen MR) is 110 cm³/mol. The first kappa shape index (κ1) is 21.1. The molecule has 1 aliphatic carbocycles. The van der Waals surface area contributed by atoms with Crippen LogP contribution in [0, 0.1) is 0 Å². The second-order valence-electron chi connectivity index (χ2n) is 5.03. The molecule has 136 valence electrons. The molecule has 0 fully saturated rings. The summed E-state index contributed by atoms with van der Waals surface area (Å²) < 4.78 is 0. The van der Waals surface area contributed by atoms with Gasteiger partial charge in [0.25, 0.3) is 0 Å². The maximum absolute atomic E-state index is 10.9. The molecule has 0 saturated heterocycles. The van der Waals surface area contributed by atoms with E-state index < -0.39 is 5.97 Å². The molecular formula is C23H27NO2. The number of hydrogen-bond donors (Lipinski definition) is 1. The van der Waals surface area contributed by atoms with Crippen molar-refractivity contribution >= 4 is 11.5 Å². The van der Waals surface area contributed by atoms with Crippen LogP contribution in [-0.2, 0) is 0 Å². The minimum Gasteiger partial charge on any atom is -0.478 e. The van der Waals surface area contributed by atoms with Crippen LogP contribution in [0.25, 0.3) is 16.7 Å². The maximum Gasteiger partial charge on any atom is 0.335 e. The number of carboxylic acids is 1. The van der Waals surface area contributed by atoms with E-state index in [1.165, 1.54) is 0 Å². The van der Waals surface area contributed by atoms with Gasteiger partial charge in [-0.25, -0.2) is 4.79 Å². The molecule has 0 saturated carbocycles. The van der Waals surface area contributed by atoms with Crippen LogP contribution in [0.3, 0.4) is 0 Å². The van der Waals surface area contributed by atoms with Crippen molar-refractivity contribution in [2.24, 2.45) is 0 Å². The molecular weight excluding hydrogens is 322 g/mol. The molecule has 0 amide bonds. The summed E-state index contributed by atoms with van der Waals surface area (Å²) in [5.41, 5.74) is 4.37. The Balaban J connectivity index is 0.000000791. The Morgan fingerprint density at radius 2 is 1.58 bits per heavy atom. The molecule has 26 heavy (non-hydrogen) atoms. The predicted octanol–water partition coefficient (Wildman–Crippen LogP) is 6.40. The van der Waals surface area contributed by atoms with E-state index in [2.05, 4.69) is 35.4 Å². The summed E-state index contributed by atoms with van der Waals surface area (Å²) in [6.07, 6.45) is 15.0. The SMILES string of the molecule is CC.CC.O=C(O)c1ccc(-c2cncc(C3=CC=CCC=C3)c2)cc1. The van der Waals surface area contributed by atoms with Crippen LogP contribution in [0.4, 0.5) is 0 Å². The van der Waals surface area contributed by atoms with E-state index in [1.54, 1.807) is 18.3 Å². The van der Waals surface area contributed by atoms with Crippen LogP contribution in [0.5, 0.6) is 0 Å². The van der Waals surface area contributed by atoms with E-state index in [1.807, 2.05) is 52.1 Å². The minimum absolute atomic E-state index is 0.285. The zero-order chi connectivity index (χ0) is 19.4. The molecule has 3 heteroatoms. The molecule has 0 atom stereocenters. The Labute approximate surface area is 156 Å². The lowest BCUT2D eigenvalue weighted by molar-refractivity contribution is 0.0697. The molecule has 3 rings (SSSR count). The fourth-order valence-corrected chi connectivity index (χ4v) is 2.33. The highest BCUT2D eigenvalue weighted by molar-refractivity contribution is 5.88. The summed E-state index contributed by atoms with van der Waals surface area (Å²) >= 11 is 0. The van der Waals surface area contributed by atoms with Crippen LogP contribution in [-0.4, -0.2) is 16.1 Å². The Kier molecular flexibility index (Phi) is 9.40. The third-order valence-electron chi connectivity index (χ3n) is 3.52. The molecule has 1 N–H and O–H groups in total. The van der Waals surface area contributed by atoms with Crippen LogP contribution in [0.15, 0.2) is 73.1 Å². The van der Waals surface area contributed by atoms with Crippen molar-refractivity contribution in [3.05, 3.63) is 84.2 Å². The molecule has 1 heterocycles. The summed E-state index contributed by atoms with van der Waals surface area (Å²) in [4.78, 5) is 15.2. The molecule has 0 bridgehead atoms. The molecule has 2 aromatic rings. The number of aromatic carboxylic acids is 1. The highest BCUT2D eigenvalue weighted by Gasteiger charge is 2.06. The number of benzene rings is 1. The smallest absolute Gasteiger partial charge is 0.335 e. The van der Waals surface area contributed by atoms with Crippen molar-refractivity contribution in [2.75, 3.05) is 0 Å². The van der Waals surface area contributed by atoms with Crippen molar-refractivity contribution in [3.63, 3.8) is 0 Å². The van der Waals surface area contributed by atoms with Gasteiger partial charge in [0.1, 0.15) is 0 Å². The number of allylic oxidation sites excluding steroid dienone is 6. The van der Waals surface area contributed by atoms with Gasteiger partial charge in [0.2, 0.25) is 0 Å². The fraction of sp³-hybridized carbons (Fsp3) is 0.217. The zero-order valence-corrected chi connectivity index (χ0v) is 15.9. The fourth-order valence-electron chi connectivity index (χ4n) is 2.33. The lowest BCUT2D eigenvalue weighted by atomic mass is 10.0. The number of pyridine rings is 1. The average molecular weight is 349 g/mol. The van der Waals surface area contributed by atoms with Crippen molar-refractivity contribution in [3.8, 4) is 11.1 Å². The summed E-state index contributed by atoms with van der Waals surface area (Å²) in [6, 6.07) is 8.90. The van der Waals surface area contributed by atoms with E-state index in [9.17, 15) is 4.79 Å². The van der Waals surface area contributed by atoms with Crippen molar-refractivity contribution in [1.29, 1.82) is 0 Å². The van der Waals surface area contributed by atoms with Gasteiger partial charge in [-0.15, -0.1) is 0 Å². The lowest BCUT2D eigenvalue weighted by Crippen LogP contribution is -1.95. The lowest BCUT2D eigenvalue weighted by Gasteiger charge is -2.06.